The average molecular weight is 524 g/mol. The van der Waals surface area contributed by atoms with Gasteiger partial charge in [0, 0.05) is 29.3 Å². The predicted molar refractivity (Wildman–Crippen MR) is 131 cm³/mol. The summed E-state index contributed by atoms with van der Waals surface area (Å²) in [7, 11) is 0. The number of hydrogen-bond acceptors (Lipinski definition) is 8. The van der Waals surface area contributed by atoms with Crippen LogP contribution in [0.2, 0.25) is 0 Å². The average Bonchev–Trinajstić information content (AvgIpc) is 3.22. The van der Waals surface area contributed by atoms with E-state index in [1.807, 2.05) is 0 Å². The Hall–Kier alpha value is -3.62. The lowest BCUT2D eigenvalue weighted by Crippen LogP contribution is -2.60. The monoisotopic (exact) mass is 523 g/mol. The van der Waals surface area contributed by atoms with Crippen molar-refractivity contribution in [3.05, 3.63) is 36.0 Å². The van der Waals surface area contributed by atoms with Gasteiger partial charge in [0.2, 0.25) is 17.7 Å². The maximum absolute atomic E-state index is 12.9. The van der Waals surface area contributed by atoms with E-state index >= 15 is 0 Å². The molecule has 13 nitrogen and oxygen atoms in total. The normalized spacial score (nSPS) is 15.2. The molecule has 1 aromatic heterocycles. The van der Waals surface area contributed by atoms with Gasteiger partial charge in [-0.2, -0.15) is 12.6 Å². The zero-order valence-corrected chi connectivity index (χ0v) is 20.2. The number of thiol groups is 1. The predicted octanol–water partition coefficient (Wildman–Crippen LogP) is -1.64. The van der Waals surface area contributed by atoms with Crippen molar-refractivity contribution in [3.8, 4) is 0 Å². The molecule has 0 aliphatic heterocycles. The van der Waals surface area contributed by atoms with Crippen molar-refractivity contribution >= 4 is 53.2 Å². The number of aromatic amines is 1. The largest absolute Gasteiger partial charge is 0.481 e. The number of fused-ring (bicyclic) bond motifs is 1. The number of H-pyrrole nitrogens is 1. The minimum absolute atomic E-state index is 0.0446. The van der Waals surface area contributed by atoms with Gasteiger partial charge in [0.15, 0.2) is 0 Å². The summed E-state index contributed by atoms with van der Waals surface area (Å²) in [5.74, 6) is -5.79. The van der Waals surface area contributed by atoms with Crippen molar-refractivity contribution in [2.45, 2.75) is 50.0 Å². The number of hydrogen-bond donors (Lipinski definition) is 9. The van der Waals surface area contributed by atoms with Crippen LogP contribution in [0.3, 0.4) is 0 Å². The minimum Gasteiger partial charge on any atom is -0.481 e. The molecule has 1 aromatic carbocycles. The second kappa shape index (κ2) is 12.9. The number of aliphatic carboxylic acids is 2. The van der Waals surface area contributed by atoms with Crippen LogP contribution in [0.25, 0.3) is 10.9 Å². The van der Waals surface area contributed by atoms with E-state index in [0.717, 1.165) is 10.9 Å². The molecule has 0 aliphatic carbocycles. The third kappa shape index (κ3) is 7.69. The number of carboxylic acid groups (broad SMARTS) is 2. The summed E-state index contributed by atoms with van der Waals surface area (Å²) in [6, 6.07) is 1.36. The first-order chi connectivity index (χ1) is 16.9. The fraction of sp³-hybridized carbons (Fsp3) is 0.409. The van der Waals surface area contributed by atoms with Crippen LogP contribution in [-0.2, 0) is 30.4 Å². The van der Waals surface area contributed by atoms with Gasteiger partial charge in [-0.15, -0.1) is 0 Å². The lowest BCUT2D eigenvalue weighted by atomic mass is 10.0. The summed E-state index contributed by atoms with van der Waals surface area (Å²) in [5.41, 5.74) is 6.92. The zero-order chi connectivity index (χ0) is 27.0. The van der Waals surface area contributed by atoms with Crippen LogP contribution in [0, 0.1) is 0 Å². The molecule has 0 fully saturated rings. The third-order valence-corrected chi connectivity index (χ3v) is 5.71. The number of aliphatic hydroxyl groups excluding tert-OH is 1. The number of carbonyl (C=O) groups is 5. The molecule has 3 amide bonds. The highest BCUT2D eigenvalue weighted by Crippen LogP contribution is 2.19. The Bertz CT molecular complexity index is 1120. The van der Waals surface area contributed by atoms with Gasteiger partial charge in [-0.25, -0.2) is 4.79 Å². The molecular weight excluding hydrogens is 494 g/mol. The Balaban J connectivity index is 2.18. The summed E-state index contributed by atoms with van der Waals surface area (Å²) >= 11 is 3.88. The number of nitrogens with two attached hydrogens (primary N) is 1. The number of para-hydroxylation sites is 1. The number of nitrogens with one attached hydrogen (secondary N) is 4. The molecule has 0 radical (unpaired) electrons. The SMILES string of the molecule is CC(O)C(NC(=O)C(N)CS)C(=O)NC(CC(=O)O)C(=O)NC(Cc1c[nH]c2ccccc12)C(=O)O. The highest BCUT2D eigenvalue weighted by atomic mass is 32.1. The number of rotatable bonds is 13. The van der Waals surface area contributed by atoms with Gasteiger partial charge in [-0.3, -0.25) is 19.2 Å². The molecule has 196 valence electrons. The highest BCUT2D eigenvalue weighted by Gasteiger charge is 2.33. The van der Waals surface area contributed by atoms with Crippen LogP contribution in [0.1, 0.15) is 18.9 Å². The highest BCUT2D eigenvalue weighted by molar-refractivity contribution is 7.80. The lowest BCUT2D eigenvalue weighted by molar-refractivity contribution is -0.143. The Morgan fingerprint density at radius 1 is 1.00 bits per heavy atom. The van der Waals surface area contributed by atoms with Crippen LogP contribution in [-0.4, -0.2) is 86.0 Å². The quantitative estimate of drug-likeness (QED) is 0.137. The molecule has 0 saturated heterocycles. The number of carbonyl (C=O) groups excluding carboxylic acids is 3. The number of amides is 3. The molecule has 0 aliphatic rings. The number of aromatic nitrogens is 1. The molecule has 1 heterocycles. The molecule has 0 spiro atoms. The minimum atomic E-state index is -1.70. The van der Waals surface area contributed by atoms with Crippen LogP contribution in [0.15, 0.2) is 30.5 Å². The van der Waals surface area contributed by atoms with E-state index in [0.29, 0.717) is 5.56 Å². The summed E-state index contributed by atoms with van der Waals surface area (Å²) in [4.78, 5) is 63.8. The third-order valence-electron chi connectivity index (χ3n) is 5.32. The standard InChI is InChI=1S/C22H29N5O8S/c1-10(28)18(27-19(31)13(23)9-36)21(33)25-15(7-17(29)30)20(32)26-16(22(34)35)6-11-8-24-14-5-3-2-4-12(11)14/h2-5,8,10,13,15-16,18,24,28,36H,6-7,9,23H2,1H3,(H,25,33)(H,26,32)(H,27,31)(H,29,30)(H,34,35). The van der Waals surface area contributed by atoms with Crippen LogP contribution < -0.4 is 21.7 Å². The number of benzene rings is 1. The summed E-state index contributed by atoms with van der Waals surface area (Å²) in [5, 5.41) is 36.2. The van der Waals surface area contributed by atoms with Gasteiger partial charge < -0.3 is 42.0 Å². The summed E-state index contributed by atoms with van der Waals surface area (Å²) in [6.07, 6.45) is -0.821. The second-order valence-corrected chi connectivity index (χ2v) is 8.50. The maximum atomic E-state index is 12.9. The zero-order valence-electron chi connectivity index (χ0n) is 19.3. The van der Waals surface area contributed by atoms with E-state index in [4.69, 9.17) is 5.73 Å². The van der Waals surface area contributed by atoms with E-state index in [1.54, 1.807) is 30.5 Å². The van der Waals surface area contributed by atoms with Crippen molar-refractivity contribution in [3.63, 3.8) is 0 Å². The van der Waals surface area contributed by atoms with E-state index in [2.05, 4.69) is 33.6 Å². The van der Waals surface area contributed by atoms with Gasteiger partial charge in [-0.05, 0) is 18.6 Å². The summed E-state index contributed by atoms with van der Waals surface area (Å²) < 4.78 is 0. The summed E-state index contributed by atoms with van der Waals surface area (Å²) in [6.45, 7) is 1.20. The van der Waals surface area contributed by atoms with E-state index in [-0.39, 0.29) is 12.2 Å². The van der Waals surface area contributed by atoms with Crippen molar-refractivity contribution in [1.29, 1.82) is 0 Å². The van der Waals surface area contributed by atoms with Crippen molar-refractivity contribution in [2.75, 3.05) is 5.75 Å². The molecule has 5 unspecified atom stereocenters. The fourth-order valence-electron chi connectivity index (χ4n) is 3.39. The van der Waals surface area contributed by atoms with Gasteiger partial charge in [0.1, 0.15) is 18.1 Å². The molecule has 5 atom stereocenters. The Morgan fingerprint density at radius 3 is 2.22 bits per heavy atom. The topological polar surface area (TPSA) is 224 Å². The van der Waals surface area contributed by atoms with Crippen molar-refractivity contribution < 1.29 is 39.3 Å². The van der Waals surface area contributed by atoms with Crippen LogP contribution in [0.4, 0.5) is 0 Å². The van der Waals surface area contributed by atoms with E-state index in [1.165, 1.54) is 6.92 Å². The van der Waals surface area contributed by atoms with Crippen LogP contribution in [0.5, 0.6) is 0 Å². The molecular formula is C22H29N5O8S. The maximum Gasteiger partial charge on any atom is 0.326 e. The lowest BCUT2D eigenvalue weighted by Gasteiger charge is -2.25. The molecule has 2 aromatic rings. The van der Waals surface area contributed by atoms with Gasteiger partial charge in [0.05, 0.1) is 18.6 Å². The molecule has 36 heavy (non-hydrogen) atoms. The molecule has 9 N–H and O–H groups in total. The molecule has 0 saturated carbocycles. The van der Waals surface area contributed by atoms with E-state index in [9.17, 15) is 39.3 Å². The first kappa shape index (κ1) is 28.6. The first-order valence-corrected chi connectivity index (χ1v) is 11.5. The van der Waals surface area contributed by atoms with Crippen molar-refractivity contribution in [1.82, 2.24) is 20.9 Å². The molecule has 14 heteroatoms. The fourth-order valence-corrected chi connectivity index (χ4v) is 3.55. The van der Waals surface area contributed by atoms with Gasteiger partial charge in [-0.1, -0.05) is 18.2 Å². The van der Waals surface area contributed by atoms with Crippen molar-refractivity contribution in [2.24, 2.45) is 5.73 Å². The Morgan fingerprint density at radius 2 is 1.64 bits per heavy atom. The molecule has 2 rings (SSSR count). The van der Waals surface area contributed by atoms with E-state index < -0.39 is 66.4 Å². The molecule has 0 bridgehead atoms. The second-order valence-electron chi connectivity index (χ2n) is 8.14. The Labute approximate surface area is 211 Å². The number of carboxylic acids is 2. The van der Waals surface area contributed by atoms with Gasteiger partial charge in [0.25, 0.3) is 0 Å². The first-order valence-electron chi connectivity index (χ1n) is 10.9. The van der Waals surface area contributed by atoms with Crippen LogP contribution >= 0.6 is 12.6 Å². The van der Waals surface area contributed by atoms with Gasteiger partial charge >= 0.3 is 11.9 Å². The number of aliphatic hydroxyl groups is 1. The Kier molecular flexibility index (Phi) is 10.3. The smallest absolute Gasteiger partial charge is 0.326 e.